The number of hydrogen-bond acceptors (Lipinski definition) is 0. The van der Waals surface area contributed by atoms with Crippen LogP contribution in [-0.4, -0.2) is 6.88 Å². The molecule has 0 saturated heterocycles. The van der Waals surface area contributed by atoms with Crippen molar-refractivity contribution in [2.45, 2.75) is 0 Å². The predicted octanol–water partition coefficient (Wildman–Crippen LogP) is 6.74. The van der Waals surface area contributed by atoms with Crippen LogP contribution in [0.2, 0.25) is 0 Å². The first kappa shape index (κ1) is 26.4. The minimum absolute atomic E-state index is 0. The zero-order valence-corrected chi connectivity index (χ0v) is 19.4. The summed E-state index contributed by atoms with van der Waals surface area (Å²) in [5, 5.41) is 5.26. The van der Waals surface area contributed by atoms with Gasteiger partial charge in [0.25, 0.3) is 0 Å². The van der Waals surface area contributed by atoms with E-state index in [1.165, 1.54) is 56.0 Å². The van der Waals surface area contributed by atoms with Gasteiger partial charge in [0, 0.05) is 0 Å². The van der Waals surface area contributed by atoms with Gasteiger partial charge in [0.2, 0.25) is 0 Å². The van der Waals surface area contributed by atoms with Crippen LogP contribution in [0.5, 0.6) is 0 Å². The molecule has 2 radical (unpaired) electrons. The molecule has 25 heavy (non-hydrogen) atoms. The van der Waals surface area contributed by atoms with Crippen molar-refractivity contribution < 1.29 is 23.3 Å². The van der Waals surface area contributed by atoms with Gasteiger partial charge in [-0.15, -0.1) is 53.8 Å². The van der Waals surface area contributed by atoms with Crippen molar-refractivity contribution in [2.24, 2.45) is 0 Å². The van der Waals surface area contributed by atoms with Crippen LogP contribution in [0.3, 0.4) is 0 Å². The van der Waals surface area contributed by atoms with E-state index in [4.69, 9.17) is 0 Å². The molecule has 0 atom stereocenters. The number of fused-ring (bicyclic) bond motifs is 2. The molecule has 0 aliphatic rings. The standard InChI is InChI=1S/C19H13.2CH3.2ClH.Si.Zr/c1-2-10-16-14(6-1)8-4-12-18(16)19-13-5-9-15-7-3-11-17(15)19;;;;;;/h1-13H;2*1H3;2*1H;;/q3*-1;;;;. The first-order chi connectivity index (χ1) is 10.4. The van der Waals surface area contributed by atoms with Crippen LogP contribution in [0.4, 0.5) is 0 Å². The van der Waals surface area contributed by atoms with Crippen LogP contribution in [0.15, 0.2) is 78.9 Å². The summed E-state index contributed by atoms with van der Waals surface area (Å²) in [6, 6.07) is 28.1. The van der Waals surface area contributed by atoms with Crippen molar-refractivity contribution >= 4 is 53.2 Å². The fourth-order valence-corrected chi connectivity index (χ4v) is 2.86. The molecule has 0 saturated carbocycles. The molecule has 0 amide bonds. The molecule has 0 aliphatic carbocycles. The second-order valence-electron chi connectivity index (χ2n) is 4.86. The first-order valence-corrected chi connectivity index (χ1v) is 11.0. The maximum atomic E-state index is 3.06. The van der Waals surface area contributed by atoms with Crippen molar-refractivity contribution in [1.29, 1.82) is 0 Å². The molecule has 0 aliphatic heterocycles. The molecule has 4 aromatic carbocycles. The van der Waals surface area contributed by atoms with E-state index in [0.717, 1.165) is 0 Å². The third-order valence-electron chi connectivity index (χ3n) is 3.76. The Bertz CT molecular complexity index is 897. The summed E-state index contributed by atoms with van der Waals surface area (Å²) in [6.45, 7) is 3.06. The molecule has 4 rings (SSSR count). The zero-order valence-electron chi connectivity index (χ0n) is 14.3. The summed E-state index contributed by atoms with van der Waals surface area (Å²) in [5.41, 5.74) is 2.63. The summed E-state index contributed by atoms with van der Waals surface area (Å²) in [4.78, 5) is 0. The average Bonchev–Trinajstić information content (AvgIpc) is 3.05. The molecule has 0 fully saturated rings. The average molecular weight is 464 g/mol. The molecule has 0 nitrogen and oxygen atoms in total. The second kappa shape index (κ2) is 12.5. The van der Waals surface area contributed by atoms with E-state index in [2.05, 4.69) is 85.7 Å². The van der Waals surface area contributed by atoms with E-state index >= 15 is 0 Å². The van der Waals surface area contributed by atoms with Gasteiger partial charge >= 0.3 is 30.2 Å². The maximum absolute atomic E-state index is 3.06. The van der Waals surface area contributed by atoms with Crippen molar-refractivity contribution in [3.05, 3.63) is 93.7 Å². The molecule has 0 N–H and O–H groups in total. The van der Waals surface area contributed by atoms with Crippen LogP contribution in [0.25, 0.3) is 32.7 Å². The van der Waals surface area contributed by atoms with Crippen molar-refractivity contribution in [2.75, 3.05) is 0 Å². The SMILES string of the molecule is Cl.Cl.[CH3-].[CH3-].[Si]=[Zr].c1ccc2c(-c3cccc4[cH-]ccc34)cccc2c1. The number of benzene rings is 3. The summed E-state index contributed by atoms with van der Waals surface area (Å²) in [6.07, 6.45) is 0. The monoisotopic (exact) mass is 461 g/mol. The van der Waals surface area contributed by atoms with E-state index in [1.807, 2.05) is 0 Å². The van der Waals surface area contributed by atoms with Gasteiger partial charge in [0.1, 0.15) is 0 Å². The van der Waals surface area contributed by atoms with E-state index in [9.17, 15) is 0 Å². The van der Waals surface area contributed by atoms with Crippen LogP contribution in [0, 0.1) is 14.9 Å². The van der Waals surface area contributed by atoms with E-state index in [0.29, 0.717) is 0 Å². The summed E-state index contributed by atoms with van der Waals surface area (Å²) < 4.78 is 0. The summed E-state index contributed by atoms with van der Waals surface area (Å²) in [5.74, 6) is 0. The van der Waals surface area contributed by atoms with Gasteiger partial charge in [-0.3, -0.25) is 0 Å². The van der Waals surface area contributed by atoms with Crippen LogP contribution >= 0.6 is 24.8 Å². The zero-order chi connectivity index (χ0) is 14.7. The molecule has 0 bridgehead atoms. The molecule has 0 unspecified atom stereocenters. The fraction of sp³-hybridized carbons (Fsp3) is 0. The van der Waals surface area contributed by atoms with E-state index in [-0.39, 0.29) is 39.7 Å². The summed E-state index contributed by atoms with van der Waals surface area (Å²) >= 11 is 1.36. The van der Waals surface area contributed by atoms with Crippen molar-refractivity contribution in [1.82, 2.24) is 0 Å². The Balaban J connectivity index is 0. The van der Waals surface area contributed by atoms with E-state index in [1.54, 1.807) is 0 Å². The molecular formula is C21H21Cl2SiZr-3. The van der Waals surface area contributed by atoms with Gasteiger partial charge in [-0.05, 0) is 16.3 Å². The Morgan fingerprint density at radius 1 is 0.640 bits per heavy atom. The predicted molar refractivity (Wildman–Crippen MR) is 116 cm³/mol. The van der Waals surface area contributed by atoms with Crippen molar-refractivity contribution in [3.63, 3.8) is 0 Å². The minimum atomic E-state index is 0. The molecule has 0 aromatic heterocycles. The fourth-order valence-electron chi connectivity index (χ4n) is 2.86. The molecular weight excluding hydrogens is 442 g/mol. The third-order valence-corrected chi connectivity index (χ3v) is 3.76. The molecule has 130 valence electrons. The maximum Gasteiger partial charge on any atom is -0.0114 e. The first-order valence-electron chi connectivity index (χ1n) is 6.81. The third kappa shape index (κ3) is 5.34. The molecule has 4 heteroatoms. The number of rotatable bonds is 1. The smallest absolute Gasteiger partial charge is 0.0114 e. The Morgan fingerprint density at radius 2 is 1.20 bits per heavy atom. The van der Waals surface area contributed by atoms with Gasteiger partial charge in [-0.25, -0.2) is 0 Å². The van der Waals surface area contributed by atoms with E-state index < -0.39 is 0 Å². The Labute approximate surface area is 180 Å². The quantitative estimate of drug-likeness (QED) is 0.217. The second-order valence-corrected chi connectivity index (χ2v) is 4.86. The van der Waals surface area contributed by atoms with Crippen LogP contribution < -0.4 is 0 Å². The largest absolute Gasteiger partial charge is 0.168 e. The number of hydrogen-bond donors (Lipinski definition) is 0. The topological polar surface area (TPSA) is 0 Å². The Hall–Kier alpha value is -0.790. The summed E-state index contributed by atoms with van der Waals surface area (Å²) in [7, 11) is 0. The van der Waals surface area contributed by atoms with Crippen LogP contribution in [0.1, 0.15) is 0 Å². The Kier molecular flexibility index (Phi) is 13.3. The van der Waals surface area contributed by atoms with Gasteiger partial charge in [-0.1, -0.05) is 54.1 Å². The van der Waals surface area contributed by atoms with Crippen molar-refractivity contribution in [3.8, 4) is 11.1 Å². The van der Waals surface area contributed by atoms with Gasteiger partial charge in [-0.2, -0.15) is 12.1 Å². The van der Waals surface area contributed by atoms with Gasteiger partial charge < -0.3 is 14.9 Å². The van der Waals surface area contributed by atoms with Gasteiger partial charge in [0.05, 0.1) is 0 Å². The molecule has 0 spiro atoms. The normalized spacial score (nSPS) is 8.60. The number of halogens is 2. The minimum Gasteiger partial charge on any atom is -0.168 e. The molecule has 0 heterocycles. The van der Waals surface area contributed by atoms with Crippen LogP contribution in [-0.2, 0) is 23.3 Å². The van der Waals surface area contributed by atoms with Gasteiger partial charge in [0.15, 0.2) is 0 Å². The molecule has 4 aromatic rings. The Morgan fingerprint density at radius 3 is 1.92 bits per heavy atom.